The third-order valence-electron chi connectivity index (χ3n) is 3.38. The standard InChI is InChI=1S/C13H15ClN2O3/c14-13-6-12(16(18)19)4-3-11(13)8-15-5-1-2-10(7-15)9-17/h3-4,6,9-10H,1-2,5,7-8H2. The number of likely N-dealkylation sites (tertiary alicyclic amines) is 1. The number of nitrogens with zero attached hydrogens (tertiary/aromatic N) is 2. The lowest BCUT2D eigenvalue weighted by Crippen LogP contribution is -2.35. The van der Waals surface area contributed by atoms with Crippen LogP contribution in [0, 0.1) is 16.0 Å². The average molecular weight is 283 g/mol. The zero-order chi connectivity index (χ0) is 13.8. The van der Waals surface area contributed by atoms with E-state index in [1.165, 1.54) is 12.1 Å². The van der Waals surface area contributed by atoms with Gasteiger partial charge >= 0.3 is 0 Å². The number of hydrogen-bond acceptors (Lipinski definition) is 4. The molecular formula is C13H15ClN2O3. The second-order valence-corrected chi connectivity index (χ2v) is 5.21. The van der Waals surface area contributed by atoms with E-state index in [1.54, 1.807) is 6.07 Å². The number of halogens is 1. The maximum Gasteiger partial charge on any atom is 0.270 e. The van der Waals surface area contributed by atoms with E-state index in [4.69, 9.17) is 11.6 Å². The second-order valence-electron chi connectivity index (χ2n) is 4.81. The highest BCUT2D eigenvalue weighted by atomic mass is 35.5. The molecule has 1 atom stereocenters. The number of rotatable bonds is 4. The normalized spacial score (nSPS) is 20.2. The topological polar surface area (TPSA) is 63.5 Å². The summed E-state index contributed by atoms with van der Waals surface area (Å²) in [6, 6.07) is 4.52. The number of nitro groups is 1. The number of benzene rings is 1. The fourth-order valence-corrected chi connectivity index (χ4v) is 2.60. The van der Waals surface area contributed by atoms with Crippen molar-refractivity contribution in [3.8, 4) is 0 Å². The largest absolute Gasteiger partial charge is 0.303 e. The van der Waals surface area contributed by atoms with E-state index in [2.05, 4.69) is 4.90 Å². The van der Waals surface area contributed by atoms with E-state index in [9.17, 15) is 14.9 Å². The van der Waals surface area contributed by atoms with Crippen LogP contribution in [0.1, 0.15) is 18.4 Å². The first kappa shape index (κ1) is 14.0. The Morgan fingerprint density at radius 3 is 2.95 bits per heavy atom. The van der Waals surface area contributed by atoms with Crippen LogP contribution in [0.4, 0.5) is 5.69 Å². The first-order chi connectivity index (χ1) is 9.10. The van der Waals surface area contributed by atoms with Gasteiger partial charge in [0.1, 0.15) is 6.29 Å². The minimum Gasteiger partial charge on any atom is -0.303 e. The van der Waals surface area contributed by atoms with Crippen LogP contribution in [-0.2, 0) is 11.3 Å². The van der Waals surface area contributed by atoms with E-state index in [0.717, 1.165) is 37.8 Å². The van der Waals surface area contributed by atoms with E-state index in [0.29, 0.717) is 11.6 Å². The summed E-state index contributed by atoms with van der Waals surface area (Å²) in [4.78, 5) is 23.2. The Bertz CT molecular complexity index is 493. The minimum absolute atomic E-state index is 0.00170. The summed E-state index contributed by atoms with van der Waals surface area (Å²) in [6.07, 6.45) is 2.94. The van der Waals surface area contributed by atoms with Crippen LogP contribution in [-0.4, -0.2) is 29.2 Å². The molecule has 0 saturated carbocycles. The zero-order valence-electron chi connectivity index (χ0n) is 10.4. The van der Waals surface area contributed by atoms with Gasteiger partial charge in [0, 0.05) is 31.1 Å². The third-order valence-corrected chi connectivity index (χ3v) is 3.73. The van der Waals surface area contributed by atoms with Gasteiger partial charge in [-0.25, -0.2) is 0 Å². The lowest BCUT2D eigenvalue weighted by Gasteiger charge is -2.30. The van der Waals surface area contributed by atoms with Gasteiger partial charge in [-0.3, -0.25) is 15.0 Å². The summed E-state index contributed by atoms with van der Waals surface area (Å²) >= 11 is 6.06. The van der Waals surface area contributed by atoms with Crippen molar-refractivity contribution in [3.05, 3.63) is 38.9 Å². The van der Waals surface area contributed by atoms with Crippen molar-refractivity contribution in [2.45, 2.75) is 19.4 Å². The molecule has 0 spiro atoms. The summed E-state index contributed by atoms with van der Waals surface area (Å²) in [5, 5.41) is 11.0. The lowest BCUT2D eigenvalue weighted by molar-refractivity contribution is -0.384. The minimum atomic E-state index is -0.459. The molecule has 1 aromatic carbocycles. The Morgan fingerprint density at radius 1 is 1.53 bits per heavy atom. The SMILES string of the molecule is O=CC1CCCN(Cc2ccc([N+](=O)[O-])cc2Cl)C1. The van der Waals surface area contributed by atoms with E-state index in [1.807, 2.05) is 0 Å². The van der Waals surface area contributed by atoms with Crippen LogP contribution >= 0.6 is 11.6 Å². The van der Waals surface area contributed by atoms with Gasteiger partial charge in [0.05, 0.1) is 9.95 Å². The molecule has 0 radical (unpaired) electrons. The number of piperidine rings is 1. The number of hydrogen-bond donors (Lipinski definition) is 0. The van der Waals surface area contributed by atoms with Crippen LogP contribution in [0.5, 0.6) is 0 Å². The Labute approximate surface area is 116 Å². The van der Waals surface area contributed by atoms with Gasteiger partial charge in [0.2, 0.25) is 0 Å². The molecule has 1 aliphatic heterocycles. The molecule has 0 aromatic heterocycles. The Balaban J connectivity index is 2.06. The molecule has 5 nitrogen and oxygen atoms in total. The second kappa shape index (κ2) is 6.12. The predicted molar refractivity (Wildman–Crippen MR) is 72.2 cm³/mol. The maximum absolute atomic E-state index is 10.8. The molecule has 1 fully saturated rings. The molecule has 0 amide bonds. The molecule has 0 N–H and O–H groups in total. The highest BCUT2D eigenvalue weighted by molar-refractivity contribution is 6.31. The first-order valence-corrected chi connectivity index (χ1v) is 6.58. The Morgan fingerprint density at radius 2 is 2.32 bits per heavy atom. The van der Waals surface area contributed by atoms with E-state index >= 15 is 0 Å². The average Bonchev–Trinajstić information content (AvgIpc) is 2.41. The summed E-state index contributed by atoms with van der Waals surface area (Å²) in [5.41, 5.74) is 0.858. The number of nitro benzene ring substituents is 1. The molecular weight excluding hydrogens is 268 g/mol. The van der Waals surface area contributed by atoms with Crippen molar-refractivity contribution in [2.24, 2.45) is 5.92 Å². The summed E-state index contributed by atoms with van der Waals surface area (Å²) < 4.78 is 0. The van der Waals surface area contributed by atoms with E-state index < -0.39 is 4.92 Å². The van der Waals surface area contributed by atoms with Crippen LogP contribution in [0.15, 0.2) is 18.2 Å². The van der Waals surface area contributed by atoms with Gasteiger partial charge < -0.3 is 4.79 Å². The first-order valence-electron chi connectivity index (χ1n) is 6.20. The van der Waals surface area contributed by atoms with Crippen molar-refractivity contribution >= 4 is 23.6 Å². The van der Waals surface area contributed by atoms with Gasteiger partial charge in [-0.15, -0.1) is 0 Å². The smallest absolute Gasteiger partial charge is 0.270 e. The quantitative estimate of drug-likeness (QED) is 0.484. The molecule has 102 valence electrons. The molecule has 19 heavy (non-hydrogen) atoms. The van der Waals surface area contributed by atoms with Gasteiger partial charge in [-0.2, -0.15) is 0 Å². The predicted octanol–water partition coefficient (Wildman–Crippen LogP) is 2.66. The third kappa shape index (κ3) is 3.52. The summed E-state index contributed by atoms with van der Waals surface area (Å²) in [5.74, 6) is 0.0885. The number of aldehydes is 1. The van der Waals surface area contributed by atoms with Crippen LogP contribution < -0.4 is 0 Å². The fourth-order valence-electron chi connectivity index (χ4n) is 2.36. The molecule has 2 rings (SSSR count). The monoisotopic (exact) mass is 282 g/mol. The number of carbonyl (C=O) groups excluding carboxylic acids is 1. The Hall–Kier alpha value is -1.46. The number of carbonyl (C=O) groups is 1. The fraction of sp³-hybridized carbons (Fsp3) is 0.462. The highest BCUT2D eigenvalue weighted by Gasteiger charge is 2.20. The van der Waals surface area contributed by atoms with Crippen molar-refractivity contribution in [2.75, 3.05) is 13.1 Å². The van der Waals surface area contributed by atoms with Crippen LogP contribution in [0.2, 0.25) is 5.02 Å². The van der Waals surface area contributed by atoms with E-state index in [-0.39, 0.29) is 11.6 Å². The zero-order valence-corrected chi connectivity index (χ0v) is 11.2. The van der Waals surface area contributed by atoms with Crippen LogP contribution in [0.25, 0.3) is 0 Å². The van der Waals surface area contributed by atoms with Crippen molar-refractivity contribution in [1.82, 2.24) is 4.90 Å². The molecule has 1 aromatic rings. The van der Waals surface area contributed by atoms with Crippen molar-refractivity contribution in [1.29, 1.82) is 0 Å². The van der Waals surface area contributed by atoms with Gasteiger partial charge in [0.15, 0.2) is 0 Å². The lowest BCUT2D eigenvalue weighted by atomic mass is 9.99. The van der Waals surface area contributed by atoms with Gasteiger partial charge in [0.25, 0.3) is 5.69 Å². The maximum atomic E-state index is 10.8. The van der Waals surface area contributed by atoms with Crippen molar-refractivity contribution in [3.63, 3.8) is 0 Å². The Kier molecular flexibility index (Phi) is 4.50. The van der Waals surface area contributed by atoms with Crippen LogP contribution in [0.3, 0.4) is 0 Å². The van der Waals surface area contributed by atoms with Gasteiger partial charge in [-0.05, 0) is 31.0 Å². The molecule has 0 bridgehead atoms. The molecule has 1 unspecified atom stereocenters. The molecule has 0 aliphatic carbocycles. The van der Waals surface area contributed by atoms with Crippen molar-refractivity contribution < 1.29 is 9.72 Å². The highest BCUT2D eigenvalue weighted by Crippen LogP contribution is 2.25. The number of non-ortho nitro benzene ring substituents is 1. The molecule has 1 saturated heterocycles. The molecule has 1 aliphatic rings. The summed E-state index contributed by atoms with van der Waals surface area (Å²) in [7, 11) is 0. The summed E-state index contributed by atoms with van der Waals surface area (Å²) in [6.45, 7) is 2.29. The molecule has 1 heterocycles. The van der Waals surface area contributed by atoms with Gasteiger partial charge in [-0.1, -0.05) is 11.6 Å². The molecule has 6 heteroatoms.